The molecule has 1 aromatic rings. The molecule has 2 unspecified atom stereocenters. The number of rotatable bonds is 4. The lowest BCUT2D eigenvalue weighted by atomic mass is 9.68. The van der Waals surface area contributed by atoms with E-state index in [1.807, 2.05) is 0 Å². The molecule has 1 heterocycles. The summed E-state index contributed by atoms with van der Waals surface area (Å²) in [6.45, 7) is 3.09. The van der Waals surface area contributed by atoms with E-state index in [0.717, 1.165) is 25.9 Å². The highest BCUT2D eigenvalue weighted by atomic mass is 19.4. The second-order valence-electron chi connectivity index (χ2n) is 10.5. The minimum Gasteiger partial charge on any atom is -0.373 e. The molecule has 2 aliphatic carbocycles. The zero-order chi connectivity index (χ0) is 22.7. The quantitative estimate of drug-likeness (QED) is 0.415. The molecular weight excluding hydrogens is 416 g/mol. The Morgan fingerprint density at radius 1 is 0.812 bits per heavy atom. The number of benzene rings is 1. The Labute approximate surface area is 189 Å². The lowest BCUT2D eigenvalue weighted by Crippen LogP contribution is -2.26. The predicted octanol–water partition coefficient (Wildman–Crippen LogP) is 8.67. The highest BCUT2D eigenvalue weighted by molar-refractivity contribution is 5.27. The van der Waals surface area contributed by atoms with Crippen molar-refractivity contribution in [2.75, 3.05) is 6.61 Å². The molecule has 1 aliphatic heterocycles. The van der Waals surface area contributed by atoms with Crippen LogP contribution in [0.2, 0.25) is 0 Å². The Morgan fingerprint density at radius 3 is 1.91 bits per heavy atom. The Hall–Kier alpha value is -1.36. The SMILES string of the molecule is CC1CCC(c2ccc(C3CCC(C4CCC(/C(F)=C/C(F)(F)F)CC4)CC3)cc2)OC1. The molecule has 0 N–H and O–H groups in total. The Bertz CT molecular complexity index is 745. The number of hydrogen-bond donors (Lipinski definition) is 0. The van der Waals surface area contributed by atoms with Crippen LogP contribution in [0.15, 0.2) is 36.2 Å². The minimum atomic E-state index is -4.56. The fraction of sp³-hybridized carbons (Fsp3) is 0.704. The third-order valence-corrected chi connectivity index (χ3v) is 8.19. The van der Waals surface area contributed by atoms with E-state index in [2.05, 4.69) is 31.2 Å². The van der Waals surface area contributed by atoms with Crippen molar-refractivity contribution >= 4 is 0 Å². The van der Waals surface area contributed by atoms with Gasteiger partial charge in [0.1, 0.15) is 5.83 Å². The van der Waals surface area contributed by atoms with E-state index in [-0.39, 0.29) is 12.2 Å². The van der Waals surface area contributed by atoms with Gasteiger partial charge in [-0.1, -0.05) is 31.2 Å². The molecule has 0 spiro atoms. The molecular formula is C27H36F4O. The van der Waals surface area contributed by atoms with Crippen molar-refractivity contribution in [2.45, 2.75) is 89.3 Å². The number of halogens is 4. The molecule has 1 aromatic carbocycles. The van der Waals surface area contributed by atoms with Gasteiger partial charge in [0.05, 0.1) is 12.2 Å². The Balaban J connectivity index is 1.24. The molecule has 178 valence electrons. The van der Waals surface area contributed by atoms with Crippen molar-refractivity contribution in [1.82, 2.24) is 0 Å². The third kappa shape index (κ3) is 6.15. The fourth-order valence-electron chi connectivity index (χ4n) is 6.19. The van der Waals surface area contributed by atoms with E-state index >= 15 is 0 Å². The molecule has 1 nitrogen and oxygen atoms in total. The van der Waals surface area contributed by atoms with Gasteiger partial charge in [0.25, 0.3) is 0 Å². The molecule has 32 heavy (non-hydrogen) atoms. The Morgan fingerprint density at radius 2 is 1.38 bits per heavy atom. The van der Waals surface area contributed by atoms with Crippen LogP contribution < -0.4 is 0 Å². The monoisotopic (exact) mass is 452 g/mol. The summed E-state index contributed by atoms with van der Waals surface area (Å²) in [5, 5.41) is 0. The smallest absolute Gasteiger partial charge is 0.373 e. The lowest BCUT2D eigenvalue weighted by molar-refractivity contribution is -0.0821. The first-order valence-corrected chi connectivity index (χ1v) is 12.4. The molecule has 3 fully saturated rings. The molecule has 0 amide bonds. The van der Waals surface area contributed by atoms with E-state index in [0.29, 0.717) is 36.5 Å². The van der Waals surface area contributed by atoms with Crippen LogP contribution in [0.4, 0.5) is 17.6 Å². The number of ether oxygens (including phenoxy) is 1. The molecule has 3 aliphatic rings. The van der Waals surface area contributed by atoms with Gasteiger partial charge in [-0.05, 0) is 99.0 Å². The maximum Gasteiger partial charge on any atom is 0.412 e. The summed E-state index contributed by atoms with van der Waals surface area (Å²) in [7, 11) is 0. The molecule has 0 aromatic heterocycles. The van der Waals surface area contributed by atoms with Crippen molar-refractivity contribution in [3.05, 3.63) is 47.3 Å². The first kappa shape index (κ1) is 23.8. The van der Waals surface area contributed by atoms with Gasteiger partial charge >= 0.3 is 6.18 Å². The number of allylic oxidation sites excluding steroid dienone is 2. The van der Waals surface area contributed by atoms with Gasteiger partial charge in [0.15, 0.2) is 0 Å². The first-order chi connectivity index (χ1) is 15.3. The standard InChI is InChI=1S/C27H36F4O/c1-18-2-15-26(32-17-18)24-13-9-22(10-14-24)20-5-3-19(4-6-20)21-7-11-23(12-8-21)25(28)16-27(29,30)31/h9-10,13-14,16,18-21,23,26H,2-8,11-12,15,17H2,1H3/b25-16-. The zero-order valence-corrected chi connectivity index (χ0v) is 19.0. The van der Waals surface area contributed by atoms with Gasteiger partial charge in [-0.2, -0.15) is 13.2 Å². The largest absolute Gasteiger partial charge is 0.412 e. The average molecular weight is 453 g/mol. The fourth-order valence-corrected chi connectivity index (χ4v) is 6.19. The second kappa shape index (κ2) is 10.3. The predicted molar refractivity (Wildman–Crippen MR) is 119 cm³/mol. The van der Waals surface area contributed by atoms with Crippen LogP contribution in [0, 0.1) is 23.7 Å². The highest BCUT2D eigenvalue weighted by Crippen LogP contribution is 2.45. The zero-order valence-electron chi connectivity index (χ0n) is 19.0. The normalized spacial score (nSPS) is 35.0. The van der Waals surface area contributed by atoms with Crippen molar-refractivity contribution in [3.63, 3.8) is 0 Å². The molecule has 5 heteroatoms. The number of hydrogen-bond acceptors (Lipinski definition) is 1. The van der Waals surface area contributed by atoms with Gasteiger partial charge in [0, 0.05) is 12.5 Å². The molecule has 0 radical (unpaired) electrons. The van der Waals surface area contributed by atoms with E-state index in [1.54, 1.807) is 0 Å². The van der Waals surface area contributed by atoms with Crippen LogP contribution in [0.5, 0.6) is 0 Å². The molecule has 2 saturated carbocycles. The maximum atomic E-state index is 13.9. The summed E-state index contributed by atoms with van der Waals surface area (Å²) >= 11 is 0. The first-order valence-electron chi connectivity index (χ1n) is 12.4. The van der Waals surface area contributed by atoms with E-state index in [9.17, 15) is 17.6 Å². The number of alkyl halides is 3. The summed E-state index contributed by atoms with van der Waals surface area (Å²) in [6.07, 6.45) is 5.36. The van der Waals surface area contributed by atoms with Gasteiger partial charge < -0.3 is 4.74 Å². The Kier molecular flexibility index (Phi) is 7.64. The summed E-state index contributed by atoms with van der Waals surface area (Å²) < 4.78 is 57.1. The van der Waals surface area contributed by atoms with Crippen molar-refractivity contribution in [3.8, 4) is 0 Å². The summed E-state index contributed by atoms with van der Waals surface area (Å²) in [4.78, 5) is 0. The molecule has 1 saturated heterocycles. The summed E-state index contributed by atoms with van der Waals surface area (Å²) in [6, 6.07) is 9.05. The van der Waals surface area contributed by atoms with Crippen LogP contribution in [0.25, 0.3) is 0 Å². The molecule has 2 atom stereocenters. The van der Waals surface area contributed by atoms with E-state index < -0.39 is 17.9 Å². The lowest BCUT2D eigenvalue weighted by Gasteiger charge is -2.38. The van der Waals surface area contributed by atoms with Crippen LogP contribution in [0.3, 0.4) is 0 Å². The minimum absolute atomic E-state index is 0.143. The van der Waals surface area contributed by atoms with E-state index in [4.69, 9.17) is 4.74 Å². The maximum absolute atomic E-state index is 13.9. The van der Waals surface area contributed by atoms with Crippen molar-refractivity contribution in [1.29, 1.82) is 0 Å². The van der Waals surface area contributed by atoms with E-state index in [1.165, 1.54) is 43.2 Å². The van der Waals surface area contributed by atoms with Crippen LogP contribution in [-0.2, 0) is 4.74 Å². The highest BCUT2D eigenvalue weighted by Gasteiger charge is 2.34. The molecule has 4 rings (SSSR count). The van der Waals surface area contributed by atoms with Crippen molar-refractivity contribution < 1.29 is 22.3 Å². The summed E-state index contributed by atoms with van der Waals surface area (Å²) in [5.41, 5.74) is 2.71. The topological polar surface area (TPSA) is 9.23 Å². The van der Waals surface area contributed by atoms with Gasteiger partial charge in [0.2, 0.25) is 0 Å². The third-order valence-electron chi connectivity index (χ3n) is 8.19. The van der Waals surface area contributed by atoms with Crippen molar-refractivity contribution in [2.24, 2.45) is 23.7 Å². The molecule has 0 bridgehead atoms. The average Bonchev–Trinajstić information content (AvgIpc) is 2.79. The van der Waals surface area contributed by atoms with Crippen LogP contribution in [0.1, 0.15) is 94.3 Å². The summed E-state index contributed by atoms with van der Waals surface area (Å²) in [5.74, 6) is 0.912. The van der Waals surface area contributed by atoms with Gasteiger partial charge in [-0.15, -0.1) is 0 Å². The van der Waals surface area contributed by atoms with Gasteiger partial charge in [-0.25, -0.2) is 4.39 Å². The van der Waals surface area contributed by atoms with Crippen LogP contribution in [-0.4, -0.2) is 12.8 Å². The second-order valence-corrected chi connectivity index (χ2v) is 10.5. The van der Waals surface area contributed by atoms with Crippen LogP contribution >= 0.6 is 0 Å². The van der Waals surface area contributed by atoms with Gasteiger partial charge in [-0.3, -0.25) is 0 Å².